The molecule has 1 aromatic heterocycles. The second kappa shape index (κ2) is 9.66. The topological polar surface area (TPSA) is 92.5 Å². The molecule has 0 bridgehead atoms. The standard InChI is InChI=1S/C18H23N3O3S2.ClH/c19-16(14-6-2-1-3-7-14)13-20-17(22)12-15-8-9-18(25-15)26(23,24)21-10-4-5-11-21;/h1-3,6-9,16H,4-5,10-13,19H2,(H,20,22);1H. The lowest BCUT2D eigenvalue weighted by Crippen LogP contribution is -2.32. The van der Waals surface area contributed by atoms with E-state index in [4.69, 9.17) is 5.73 Å². The highest BCUT2D eigenvalue weighted by molar-refractivity contribution is 7.91. The molecule has 6 nitrogen and oxygen atoms in total. The van der Waals surface area contributed by atoms with E-state index in [1.165, 1.54) is 4.31 Å². The lowest BCUT2D eigenvalue weighted by atomic mass is 10.1. The summed E-state index contributed by atoms with van der Waals surface area (Å²) in [5.41, 5.74) is 7.03. The molecule has 1 aromatic carbocycles. The number of amides is 1. The third-order valence-corrected chi connectivity index (χ3v) is 7.83. The van der Waals surface area contributed by atoms with Gasteiger partial charge >= 0.3 is 0 Å². The molecule has 1 amide bonds. The molecule has 0 spiro atoms. The van der Waals surface area contributed by atoms with Gasteiger partial charge in [0.05, 0.1) is 6.42 Å². The minimum absolute atomic E-state index is 0. The Morgan fingerprint density at radius 3 is 2.48 bits per heavy atom. The van der Waals surface area contributed by atoms with E-state index in [9.17, 15) is 13.2 Å². The number of nitrogens with two attached hydrogens (primary N) is 1. The Bertz CT molecular complexity index is 850. The summed E-state index contributed by atoms with van der Waals surface area (Å²) in [6.45, 7) is 1.49. The molecule has 148 valence electrons. The van der Waals surface area contributed by atoms with Gasteiger partial charge in [0.1, 0.15) is 4.21 Å². The molecule has 1 aliphatic heterocycles. The van der Waals surface area contributed by atoms with Crippen molar-refractivity contribution < 1.29 is 13.2 Å². The third-order valence-electron chi connectivity index (χ3n) is 4.38. The van der Waals surface area contributed by atoms with Gasteiger partial charge in [-0.3, -0.25) is 4.79 Å². The smallest absolute Gasteiger partial charge is 0.252 e. The average Bonchev–Trinajstić information content (AvgIpc) is 3.33. The number of rotatable bonds is 7. The van der Waals surface area contributed by atoms with Gasteiger partial charge in [-0.25, -0.2) is 8.42 Å². The van der Waals surface area contributed by atoms with Crippen molar-refractivity contribution in [2.24, 2.45) is 5.73 Å². The Morgan fingerprint density at radius 2 is 1.81 bits per heavy atom. The fourth-order valence-corrected chi connectivity index (χ4v) is 5.94. The van der Waals surface area contributed by atoms with Crippen molar-refractivity contribution in [1.82, 2.24) is 9.62 Å². The summed E-state index contributed by atoms with van der Waals surface area (Å²) in [6, 6.07) is 12.6. The highest BCUT2D eigenvalue weighted by Crippen LogP contribution is 2.27. The molecule has 2 aromatic rings. The second-order valence-electron chi connectivity index (χ2n) is 6.33. The van der Waals surface area contributed by atoms with Gasteiger partial charge in [-0.1, -0.05) is 30.3 Å². The van der Waals surface area contributed by atoms with Gasteiger partial charge in [0.15, 0.2) is 0 Å². The predicted molar refractivity (Wildman–Crippen MR) is 110 cm³/mol. The molecule has 1 aliphatic rings. The van der Waals surface area contributed by atoms with Crippen LogP contribution in [0.5, 0.6) is 0 Å². The van der Waals surface area contributed by atoms with Crippen molar-refractivity contribution in [2.75, 3.05) is 19.6 Å². The van der Waals surface area contributed by atoms with Crippen molar-refractivity contribution in [3.8, 4) is 0 Å². The molecular weight excluding hydrogens is 406 g/mol. The SMILES string of the molecule is Cl.NC(CNC(=O)Cc1ccc(S(=O)(=O)N2CCCC2)s1)c1ccccc1. The van der Waals surface area contributed by atoms with Crippen LogP contribution in [0.1, 0.15) is 29.3 Å². The van der Waals surface area contributed by atoms with Crippen molar-refractivity contribution in [3.63, 3.8) is 0 Å². The van der Waals surface area contributed by atoms with Crippen LogP contribution in [0.3, 0.4) is 0 Å². The molecule has 27 heavy (non-hydrogen) atoms. The summed E-state index contributed by atoms with van der Waals surface area (Å²) in [4.78, 5) is 12.9. The first kappa shape index (κ1) is 21.8. The van der Waals surface area contributed by atoms with E-state index in [1.807, 2.05) is 30.3 Å². The summed E-state index contributed by atoms with van der Waals surface area (Å²) < 4.78 is 26.9. The molecule has 3 N–H and O–H groups in total. The number of thiophene rings is 1. The van der Waals surface area contributed by atoms with Crippen LogP contribution in [0, 0.1) is 0 Å². The molecule has 0 radical (unpaired) electrons. The van der Waals surface area contributed by atoms with Gasteiger partial charge in [0.25, 0.3) is 10.0 Å². The summed E-state index contributed by atoms with van der Waals surface area (Å²) in [5.74, 6) is -0.164. The maximum atomic E-state index is 12.5. The van der Waals surface area contributed by atoms with Gasteiger partial charge < -0.3 is 11.1 Å². The zero-order valence-electron chi connectivity index (χ0n) is 14.8. The second-order valence-corrected chi connectivity index (χ2v) is 9.66. The van der Waals surface area contributed by atoms with Gasteiger partial charge in [0.2, 0.25) is 5.91 Å². The van der Waals surface area contributed by atoms with E-state index in [2.05, 4.69) is 5.32 Å². The first-order valence-corrected chi connectivity index (χ1v) is 10.9. The van der Waals surface area contributed by atoms with Gasteiger partial charge in [0, 0.05) is 30.6 Å². The third kappa shape index (κ3) is 5.52. The van der Waals surface area contributed by atoms with Crippen molar-refractivity contribution >= 4 is 39.7 Å². The van der Waals surface area contributed by atoms with Crippen molar-refractivity contribution in [2.45, 2.75) is 29.5 Å². The number of benzene rings is 1. The van der Waals surface area contributed by atoms with E-state index in [1.54, 1.807) is 12.1 Å². The molecule has 1 saturated heterocycles. The molecule has 9 heteroatoms. The normalized spacial score (nSPS) is 15.9. The van der Waals surface area contributed by atoms with E-state index >= 15 is 0 Å². The van der Waals surface area contributed by atoms with Gasteiger partial charge in [-0.05, 0) is 30.5 Å². The number of carbonyl (C=O) groups excluding carboxylic acids is 1. The number of nitrogens with zero attached hydrogens (tertiary/aromatic N) is 1. The number of carbonyl (C=O) groups is 1. The first-order chi connectivity index (χ1) is 12.5. The Kier molecular flexibility index (Phi) is 7.81. The molecular formula is C18H24ClN3O3S2. The van der Waals surface area contributed by atoms with E-state index in [0.29, 0.717) is 23.8 Å². The zero-order valence-corrected chi connectivity index (χ0v) is 17.3. The highest BCUT2D eigenvalue weighted by Gasteiger charge is 2.28. The van der Waals surface area contributed by atoms with E-state index < -0.39 is 10.0 Å². The number of nitrogens with one attached hydrogen (secondary N) is 1. The summed E-state index contributed by atoms with van der Waals surface area (Å²) in [7, 11) is -3.42. The maximum Gasteiger partial charge on any atom is 0.252 e. The lowest BCUT2D eigenvalue weighted by molar-refractivity contribution is -0.120. The van der Waals surface area contributed by atoms with Crippen LogP contribution >= 0.6 is 23.7 Å². The molecule has 1 unspecified atom stereocenters. The Hall–Kier alpha value is -1.45. The Morgan fingerprint density at radius 1 is 1.15 bits per heavy atom. The maximum absolute atomic E-state index is 12.5. The van der Waals surface area contributed by atoms with Gasteiger partial charge in [-0.15, -0.1) is 23.7 Å². The largest absolute Gasteiger partial charge is 0.354 e. The number of hydrogen-bond donors (Lipinski definition) is 2. The van der Waals surface area contributed by atoms with Crippen LogP contribution in [0.4, 0.5) is 0 Å². The lowest BCUT2D eigenvalue weighted by Gasteiger charge is -2.13. The van der Waals surface area contributed by atoms with E-state index in [-0.39, 0.29) is 30.8 Å². The molecule has 0 saturated carbocycles. The van der Waals surface area contributed by atoms with E-state index in [0.717, 1.165) is 34.6 Å². The minimum atomic E-state index is -3.42. The van der Waals surface area contributed by atoms with Crippen LogP contribution in [0.15, 0.2) is 46.7 Å². The van der Waals surface area contributed by atoms with Crippen LogP contribution in [-0.4, -0.2) is 38.3 Å². The molecule has 1 atom stereocenters. The zero-order chi connectivity index (χ0) is 18.6. The Labute approximate surface area is 170 Å². The quantitative estimate of drug-likeness (QED) is 0.706. The van der Waals surface area contributed by atoms with Gasteiger partial charge in [-0.2, -0.15) is 4.31 Å². The van der Waals surface area contributed by atoms with Crippen LogP contribution in [0.2, 0.25) is 0 Å². The summed E-state index contributed by atoms with van der Waals surface area (Å²) in [5, 5.41) is 2.82. The van der Waals surface area contributed by atoms with Crippen LogP contribution in [0.25, 0.3) is 0 Å². The minimum Gasteiger partial charge on any atom is -0.354 e. The summed E-state index contributed by atoms with van der Waals surface area (Å²) >= 11 is 1.16. The molecule has 1 fully saturated rings. The summed E-state index contributed by atoms with van der Waals surface area (Å²) in [6.07, 6.45) is 1.96. The highest BCUT2D eigenvalue weighted by atomic mass is 35.5. The molecule has 0 aliphatic carbocycles. The first-order valence-electron chi connectivity index (χ1n) is 8.63. The Balaban J connectivity index is 0.00000261. The molecule has 3 rings (SSSR count). The predicted octanol–water partition coefficient (Wildman–Crippen LogP) is 2.31. The van der Waals surface area contributed by atoms with Crippen molar-refractivity contribution in [3.05, 3.63) is 52.9 Å². The van der Waals surface area contributed by atoms with Crippen LogP contribution < -0.4 is 11.1 Å². The molecule has 2 heterocycles. The number of sulfonamides is 1. The fourth-order valence-electron chi connectivity index (χ4n) is 2.91. The monoisotopic (exact) mass is 429 g/mol. The number of hydrogen-bond acceptors (Lipinski definition) is 5. The van der Waals surface area contributed by atoms with Crippen molar-refractivity contribution in [1.29, 1.82) is 0 Å². The van der Waals surface area contributed by atoms with Crippen LogP contribution in [-0.2, 0) is 21.2 Å². The average molecular weight is 430 g/mol. The number of halogens is 1. The fraction of sp³-hybridized carbons (Fsp3) is 0.389.